The van der Waals surface area contributed by atoms with Crippen LogP contribution in [0.25, 0.3) is 0 Å². The van der Waals surface area contributed by atoms with Gasteiger partial charge in [0.2, 0.25) is 5.91 Å². The fourth-order valence-corrected chi connectivity index (χ4v) is 2.26. The molecule has 120 valence electrons. The number of carbonyl (C=O) groups excluding carboxylic acids is 2. The largest absolute Gasteiger partial charge is 0.495 e. The van der Waals surface area contributed by atoms with Crippen molar-refractivity contribution in [2.24, 2.45) is 0 Å². The number of ketones is 1. The molecule has 4 heteroatoms. The van der Waals surface area contributed by atoms with E-state index in [1.165, 1.54) is 5.56 Å². The van der Waals surface area contributed by atoms with Crippen LogP contribution in [0.3, 0.4) is 0 Å². The van der Waals surface area contributed by atoms with Crippen molar-refractivity contribution < 1.29 is 14.3 Å². The smallest absolute Gasteiger partial charge is 0.224 e. The SMILES string of the molecule is CCc1ccc(C(=O)CCC(=O)Nc2ccccc2OC)cc1. The average Bonchev–Trinajstić information content (AvgIpc) is 2.60. The van der Waals surface area contributed by atoms with Gasteiger partial charge in [-0.1, -0.05) is 43.3 Å². The van der Waals surface area contributed by atoms with Crippen LogP contribution in [-0.4, -0.2) is 18.8 Å². The fraction of sp³-hybridized carbons (Fsp3) is 0.263. The molecule has 0 fully saturated rings. The van der Waals surface area contributed by atoms with Gasteiger partial charge in [0.1, 0.15) is 5.75 Å². The van der Waals surface area contributed by atoms with Gasteiger partial charge in [0, 0.05) is 18.4 Å². The van der Waals surface area contributed by atoms with Crippen molar-refractivity contribution in [1.29, 1.82) is 0 Å². The van der Waals surface area contributed by atoms with Gasteiger partial charge >= 0.3 is 0 Å². The van der Waals surface area contributed by atoms with Gasteiger partial charge in [-0.05, 0) is 24.1 Å². The Morgan fingerprint density at radius 2 is 1.70 bits per heavy atom. The molecule has 0 heterocycles. The zero-order valence-electron chi connectivity index (χ0n) is 13.5. The first kappa shape index (κ1) is 16.7. The Bertz CT molecular complexity index is 677. The Labute approximate surface area is 136 Å². The maximum absolute atomic E-state index is 12.1. The first-order valence-corrected chi connectivity index (χ1v) is 7.69. The van der Waals surface area contributed by atoms with Crippen molar-refractivity contribution in [2.75, 3.05) is 12.4 Å². The first-order chi connectivity index (χ1) is 11.1. The van der Waals surface area contributed by atoms with E-state index in [9.17, 15) is 9.59 Å². The summed E-state index contributed by atoms with van der Waals surface area (Å²) in [6.07, 6.45) is 1.27. The molecule has 0 saturated heterocycles. The number of Topliss-reactive ketones (excluding diaryl/α,β-unsaturated/α-hetero) is 1. The van der Waals surface area contributed by atoms with Crippen molar-refractivity contribution in [1.82, 2.24) is 0 Å². The van der Waals surface area contributed by atoms with Crippen molar-refractivity contribution in [3.63, 3.8) is 0 Å². The van der Waals surface area contributed by atoms with E-state index < -0.39 is 0 Å². The Morgan fingerprint density at radius 3 is 2.35 bits per heavy atom. The molecule has 0 unspecified atom stereocenters. The second-order valence-electron chi connectivity index (χ2n) is 5.22. The predicted octanol–water partition coefficient (Wildman–Crippen LogP) is 3.86. The number of benzene rings is 2. The lowest BCUT2D eigenvalue weighted by molar-refractivity contribution is -0.116. The Balaban J connectivity index is 1.89. The molecular weight excluding hydrogens is 290 g/mol. The molecule has 1 amide bonds. The van der Waals surface area contributed by atoms with E-state index in [0.29, 0.717) is 17.0 Å². The Hall–Kier alpha value is -2.62. The molecule has 0 aliphatic rings. The van der Waals surface area contributed by atoms with Crippen molar-refractivity contribution in [3.05, 3.63) is 59.7 Å². The van der Waals surface area contributed by atoms with Crippen LogP contribution < -0.4 is 10.1 Å². The van der Waals surface area contributed by atoms with E-state index in [1.54, 1.807) is 19.2 Å². The van der Waals surface area contributed by atoms with Gasteiger partial charge in [-0.25, -0.2) is 0 Å². The summed E-state index contributed by atoms with van der Waals surface area (Å²) in [7, 11) is 1.55. The number of hydrogen-bond acceptors (Lipinski definition) is 3. The van der Waals surface area contributed by atoms with E-state index in [4.69, 9.17) is 4.74 Å². The van der Waals surface area contributed by atoms with Gasteiger partial charge in [0.25, 0.3) is 0 Å². The summed E-state index contributed by atoms with van der Waals surface area (Å²) in [5.41, 5.74) is 2.45. The van der Waals surface area contributed by atoms with E-state index in [-0.39, 0.29) is 24.5 Å². The van der Waals surface area contributed by atoms with E-state index >= 15 is 0 Å². The lowest BCUT2D eigenvalue weighted by Crippen LogP contribution is -2.14. The standard InChI is InChI=1S/C19H21NO3/c1-3-14-8-10-15(11-9-14)17(21)12-13-19(22)20-16-6-4-5-7-18(16)23-2/h4-11H,3,12-13H2,1-2H3,(H,20,22). The van der Waals surface area contributed by atoms with Crippen molar-refractivity contribution in [3.8, 4) is 5.75 Å². The molecule has 0 aliphatic carbocycles. The fourth-order valence-electron chi connectivity index (χ4n) is 2.26. The zero-order valence-corrected chi connectivity index (χ0v) is 13.5. The molecule has 0 atom stereocenters. The van der Waals surface area contributed by atoms with Crippen LogP contribution in [0.1, 0.15) is 35.7 Å². The summed E-state index contributed by atoms with van der Waals surface area (Å²) in [6, 6.07) is 14.7. The highest BCUT2D eigenvalue weighted by atomic mass is 16.5. The van der Waals surface area contributed by atoms with Crippen LogP contribution >= 0.6 is 0 Å². The number of anilines is 1. The monoisotopic (exact) mass is 311 g/mol. The highest BCUT2D eigenvalue weighted by Gasteiger charge is 2.11. The minimum absolute atomic E-state index is 0.0252. The summed E-state index contributed by atoms with van der Waals surface area (Å²) in [4.78, 5) is 24.1. The quantitative estimate of drug-likeness (QED) is 0.790. The van der Waals surface area contributed by atoms with E-state index in [0.717, 1.165) is 6.42 Å². The number of methoxy groups -OCH3 is 1. The van der Waals surface area contributed by atoms with Crippen LogP contribution in [0.2, 0.25) is 0 Å². The van der Waals surface area contributed by atoms with Crippen molar-refractivity contribution in [2.45, 2.75) is 26.2 Å². The van der Waals surface area contributed by atoms with Gasteiger partial charge in [0.15, 0.2) is 5.78 Å². The summed E-state index contributed by atoms with van der Waals surface area (Å²) in [6.45, 7) is 2.07. The maximum atomic E-state index is 12.1. The number of hydrogen-bond donors (Lipinski definition) is 1. The summed E-state index contributed by atoms with van der Waals surface area (Å²) in [5.74, 6) is 0.373. The van der Waals surface area contributed by atoms with E-state index in [1.807, 2.05) is 36.4 Å². The van der Waals surface area contributed by atoms with E-state index in [2.05, 4.69) is 12.2 Å². The van der Waals surface area contributed by atoms with Crippen LogP contribution in [0.4, 0.5) is 5.69 Å². The molecule has 23 heavy (non-hydrogen) atoms. The number of aryl methyl sites for hydroxylation is 1. The molecular formula is C19H21NO3. The maximum Gasteiger partial charge on any atom is 0.224 e. The molecule has 2 rings (SSSR count). The third-order valence-corrected chi connectivity index (χ3v) is 3.64. The number of carbonyl (C=O) groups is 2. The predicted molar refractivity (Wildman–Crippen MR) is 91.0 cm³/mol. The molecule has 2 aromatic rings. The highest BCUT2D eigenvalue weighted by molar-refractivity contribution is 6.00. The zero-order chi connectivity index (χ0) is 16.7. The number of ether oxygens (including phenoxy) is 1. The topological polar surface area (TPSA) is 55.4 Å². The second-order valence-corrected chi connectivity index (χ2v) is 5.22. The van der Waals surface area contributed by atoms with Crippen LogP contribution in [-0.2, 0) is 11.2 Å². The third kappa shape index (κ3) is 4.68. The molecule has 0 radical (unpaired) electrons. The molecule has 0 spiro atoms. The minimum Gasteiger partial charge on any atom is -0.495 e. The average molecular weight is 311 g/mol. The van der Waals surface area contributed by atoms with Gasteiger partial charge in [-0.15, -0.1) is 0 Å². The normalized spacial score (nSPS) is 10.2. The lowest BCUT2D eigenvalue weighted by Gasteiger charge is -2.09. The van der Waals surface area contributed by atoms with Crippen LogP contribution in [0.5, 0.6) is 5.75 Å². The van der Waals surface area contributed by atoms with Crippen LogP contribution in [0.15, 0.2) is 48.5 Å². The summed E-state index contributed by atoms with van der Waals surface area (Å²) >= 11 is 0. The molecule has 0 aromatic heterocycles. The molecule has 4 nitrogen and oxygen atoms in total. The number of para-hydroxylation sites is 2. The molecule has 0 saturated carbocycles. The molecule has 0 aliphatic heterocycles. The lowest BCUT2D eigenvalue weighted by atomic mass is 10.0. The van der Waals surface area contributed by atoms with Gasteiger partial charge in [-0.2, -0.15) is 0 Å². The van der Waals surface area contributed by atoms with Gasteiger partial charge in [0.05, 0.1) is 12.8 Å². The molecule has 0 bridgehead atoms. The van der Waals surface area contributed by atoms with Crippen LogP contribution in [0, 0.1) is 0 Å². The second kappa shape index (κ2) is 8.13. The summed E-state index contributed by atoms with van der Waals surface area (Å²) in [5, 5.41) is 2.77. The first-order valence-electron chi connectivity index (χ1n) is 7.69. The highest BCUT2D eigenvalue weighted by Crippen LogP contribution is 2.23. The molecule has 1 N–H and O–H groups in total. The van der Waals surface area contributed by atoms with Gasteiger partial charge < -0.3 is 10.1 Å². The van der Waals surface area contributed by atoms with Gasteiger partial charge in [-0.3, -0.25) is 9.59 Å². The summed E-state index contributed by atoms with van der Waals surface area (Å²) < 4.78 is 5.18. The van der Waals surface area contributed by atoms with Crippen molar-refractivity contribution >= 4 is 17.4 Å². The number of rotatable bonds is 7. The number of amides is 1. The third-order valence-electron chi connectivity index (χ3n) is 3.64. The molecule has 2 aromatic carbocycles. The minimum atomic E-state index is -0.201. The number of nitrogens with one attached hydrogen (secondary N) is 1. The Morgan fingerprint density at radius 1 is 1.00 bits per heavy atom. The Kier molecular flexibility index (Phi) is 5.92.